The molecule has 0 aromatic heterocycles. The van der Waals surface area contributed by atoms with Crippen LogP contribution in [0, 0.1) is 20.8 Å². The van der Waals surface area contributed by atoms with E-state index in [0.717, 1.165) is 0 Å². The van der Waals surface area contributed by atoms with E-state index in [4.69, 9.17) is 0 Å². The van der Waals surface area contributed by atoms with E-state index in [1.54, 1.807) is 11.1 Å². The molecule has 1 fully saturated rings. The van der Waals surface area contributed by atoms with Crippen LogP contribution in [-0.2, 0) is 10.8 Å². The lowest BCUT2D eigenvalue weighted by molar-refractivity contribution is 0.550. The van der Waals surface area contributed by atoms with Crippen LogP contribution in [0.25, 0.3) is 65.7 Å². The Morgan fingerprint density at radius 3 is 1.41 bits per heavy atom. The first-order valence-corrected chi connectivity index (χ1v) is 24.9. The van der Waals surface area contributed by atoms with E-state index >= 15 is 0 Å². The van der Waals surface area contributed by atoms with Crippen LogP contribution in [0.3, 0.4) is 0 Å². The van der Waals surface area contributed by atoms with E-state index in [2.05, 4.69) is 257 Å². The van der Waals surface area contributed by atoms with Gasteiger partial charge in [-0.1, -0.05) is 266 Å². The largest absolute Gasteiger partial charge is 0.0713 e. The first-order chi connectivity index (χ1) is 34.0. The molecule has 3 aliphatic rings. The summed E-state index contributed by atoms with van der Waals surface area (Å²) in [6.07, 6.45) is 5.30. The minimum Gasteiger partial charge on any atom is -0.0622 e. The molecule has 11 aromatic rings. The summed E-state index contributed by atoms with van der Waals surface area (Å²) in [7, 11) is 0. The number of benzene rings is 11. The minimum atomic E-state index is -0.263. The van der Waals surface area contributed by atoms with Crippen LogP contribution in [0.1, 0.15) is 75.8 Å². The highest BCUT2D eigenvalue weighted by Crippen LogP contribution is 2.59. The van der Waals surface area contributed by atoms with Crippen molar-refractivity contribution in [2.75, 3.05) is 0 Å². The molecule has 1 spiro atoms. The Kier molecular flexibility index (Phi) is 10.7. The molecule has 1 saturated carbocycles. The van der Waals surface area contributed by atoms with E-state index in [1.807, 2.05) is 0 Å². The second-order valence-electron chi connectivity index (χ2n) is 19.6. The highest BCUT2D eigenvalue weighted by Gasteiger charge is 2.47. The molecule has 69 heavy (non-hydrogen) atoms. The summed E-state index contributed by atoms with van der Waals surface area (Å²) >= 11 is 0. The maximum Gasteiger partial charge on any atom is 0.0713 e. The molecular weight excluding hydrogens is 829 g/mol. The smallest absolute Gasteiger partial charge is 0.0622 e. The summed E-state index contributed by atoms with van der Waals surface area (Å²) in [5.74, 6) is 0. The van der Waals surface area contributed by atoms with Gasteiger partial charge in [0.25, 0.3) is 0 Å². The summed E-state index contributed by atoms with van der Waals surface area (Å²) < 4.78 is 0. The Hall–Kier alpha value is -7.80. The van der Waals surface area contributed by atoms with Gasteiger partial charge in [0.15, 0.2) is 0 Å². The predicted octanol–water partition coefficient (Wildman–Crippen LogP) is 18.3. The van der Waals surface area contributed by atoms with Crippen molar-refractivity contribution in [2.45, 2.75) is 57.3 Å². The number of hydrogen-bond acceptors (Lipinski definition) is 0. The normalized spacial score (nSPS) is 14.3. The molecule has 3 aliphatic carbocycles. The van der Waals surface area contributed by atoms with Gasteiger partial charge in [0.05, 0.1) is 5.41 Å². The molecule has 0 saturated heterocycles. The van der Waals surface area contributed by atoms with Gasteiger partial charge in [0.2, 0.25) is 0 Å². The van der Waals surface area contributed by atoms with Crippen molar-refractivity contribution in [2.24, 2.45) is 0 Å². The number of hydrogen-bond donors (Lipinski definition) is 0. The van der Waals surface area contributed by atoms with Crippen molar-refractivity contribution in [3.63, 3.8) is 0 Å². The number of rotatable bonds is 3. The molecule has 11 aromatic carbocycles. The Morgan fingerprint density at radius 1 is 0.290 bits per heavy atom. The van der Waals surface area contributed by atoms with Gasteiger partial charge in [0.1, 0.15) is 0 Å². The van der Waals surface area contributed by atoms with Gasteiger partial charge in [-0.05, 0) is 133 Å². The monoisotopic (exact) mass is 884 g/mol. The van der Waals surface area contributed by atoms with Gasteiger partial charge in [0, 0.05) is 5.41 Å². The molecule has 0 atom stereocenters. The third-order valence-electron chi connectivity index (χ3n) is 15.6. The Labute approximate surface area is 407 Å². The lowest BCUT2D eigenvalue weighted by Crippen LogP contribution is -2.28. The first kappa shape index (κ1) is 42.5. The van der Waals surface area contributed by atoms with Gasteiger partial charge < -0.3 is 0 Å². The summed E-state index contributed by atoms with van der Waals surface area (Å²) in [6, 6.07) is 86.7. The molecule has 0 N–H and O–H groups in total. The van der Waals surface area contributed by atoms with Crippen LogP contribution in [0.4, 0.5) is 0 Å². The van der Waals surface area contributed by atoms with E-state index in [-0.39, 0.29) is 10.8 Å². The molecular formula is C69H56. The maximum absolute atomic E-state index is 2.39. The van der Waals surface area contributed by atoms with Crippen molar-refractivity contribution in [1.82, 2.24) is 0 Å². The van der Waals surface area contributed by atoms with Gasteiger partial charge >= 0.3 is 0 Å². The molecule has 332 valence electrons. The second kappa shape index (κ2) is 17.4. The number of aryl methyl sites for hydroxylation is 3. The number of fused-ring (bicyclic) bond motifs is 14. The fraction of sp³-hybridized carbons (Fsp3) is 0.130. The molecule has 0 amide bonds. The zero-order valence-electron chi connectivity index (χ0n) is 39.8. The summed E-state index contributed by atoms with van der Waals surface area (Å²) in [5, 5.41) is 8.08. The van der Waals surface area contributed by atoms with Gasteiger partial charge in [-0.3, -0.25) is 0 Å². The Balaban J connectivity index is 0.000000108. The van der Waals surface area contributed by atoms with Crippen molar-refractivity contribution >= 4 is 32.3 Å². The highest BCUT2D eigenvalue weighted by molar-refractivity contribution is 6.25. The zero-order chi connectivity index (χ0) is 46.5. The SMILES string of the molecule is Cc1ccc2c(c1)C(c1ccccc1)(c1ccccc1)c1ccccc1-2.Cc1ccc2c3ccccc3c3ccccc3c2c1.Cc1cccc(-c2cccc3c2-c2ccccc2C32CCCC2)c1. The van der Waals surface area contributed by atoms with Crippen molar-refractivity contribution in [3.05, 3.63) is 287 Å². The van der Waals surface area contributed by atoms with Crippen LogP contribution in [-0.4, -0.2) is 0 Å². The highest BCUT2D eigenvalue weighted by atomic mass is 14.5. The van der Waals surface area contributed by atoms with Gasteiger partial charge in [-0.25, -0.2) is 0 Å². The van der Waals surface area contributed by atoms with Crippen LogP contribution in [0.2, 0.25) is 0 Å². The van der Waals surface area contributed by atoms with Crippen LogP contribution >= 0.6 is 0 Å². The minimum absolute atomic E-state index is 0.263. The second-order valence-corrected chi connectivity index (χ2v) is 19.6. The molecule has 0 radical (unpaired) electrons. The standard InChI is InChI=1S/C26H20.C24H22.C19H14/c1-19-16-17-23-22-14-8-9-15-24(22)26(25(23)18-19,20-10-4-2-5-11-20)21-12-6-3-7-13-21;1-17-8-6-9-18(16-17)19-11-7-13-22-23(19)20-10-2-3-12-21(20)24(22)14-4-5-15-24;1-13-10-11-18-16-8-3-2-6-14(16)15-7-4-5-9-17(15)19(18)12-13/h2-18H,1H3;2-3,6-13,16H,4-5,14-15H2,1H3;2-12H,1H3. The average Bonchev–Trinajstić information content (AvgIpc) is 4.10. The third-order valence-corrected chi connectivity index (χ3v) is 15.6. The topological polar surface area (TPSA) is 0 Å². The van der Waals surface area contributed by atoms with Crippen LogP contribution < -0.4 is 0 Å². The van der Waals surface area contributed by atoms with E-state index in [9.17, 15) is 0 Å². The van der Waals surface area contributed by atoms with Crippen molar-refractivity contribution in [1.29, 1.82) is 0 Å². The Bertz CT molecular complexity index is 3620. The maximum atomic E-state index is 2.39. The lowest BCUT2D eigenvalue weighted by Gasteiger charge is -2.34. The molecule has 0 nitrogen and oxygen atoms in total. The zero-order valence-corrected chi connectivity index (χ0v) is 39.8. The summed E-state index contributed by atoms with van der Waals surface area (Å²) in [6.45, 7) is 6.52. The third kappa shape index (κ3) is 6.96. The molecule has 0 unspecified atom stereocenters. The fourth-order valence-corrected chi connectivity index (χ4v) is 12.7. The fourth-order valence-electron chi connectivity index (χ4n) is 12.7. The summed E-state index contributed by atoms with van der Waals surface area (Å²) in [4.78, 5) is 0. The van der Waals surface area contributed by atoms with Gasteiger partial charge in [-0.15, -0.1) is 0 Å². The van der Waals surface area contributed by atoms with E-state index in [1.165, 1.54) is 130 Å². The lowest BCUT2D eigenvalue weighted by atomic mass is 9.67. The van der Waals surface area contributed by atoms with Crippen molar-refractivity contribution in [3.8, 4) is 33.4 Å². The predicted molar refractivity (Wildman–Crippen MR) is 293 cm³/mol. The molecule has 0 bridgehead atoms. The average molecular weight is 885 g/mol. The molecule has 0 heterocycles. The van der Waals surface area contributed by atoms with Gasteiger partial charge in [-0.2, -0.15) is 0 Å². The first-order valence-electron chi connectivity index (χ1n) is 24.9. The summed E-state index contributed by atoms with van der Waals surface area (Å²) in [5.41, 5.74) is 20.9. The molecule has 0 heteroatoms. The van der Waals surface area contributed by atoms with Crippen LogP contribution in [0.15, 0.2) is 237 Å². The van der Waals surface area contributed by atoms with Crippen molar-refractivity contribution < 1.29 is 0 Å². The Morgan fingerprint density at radius 2 is 0.754 bits per heavy atom. The molecule has 0 aliphatic heterocycles. The quantitative estimate of drug-likeness (QED) is 0.155. The molecule has 14 rings (SSSR count). The van der Waals surface area contributed by atoms with Crippen LogP contribution in [0.5, 0.6) is 0 Å². The van der Waals surface area contributed by atoms with E-state index < -0.39 is 0 Å². The van der Waals surface area contributed by atoms with E-state index in [0.29, 0.717) is 0 Å².